The van der Waals surface area contributed by atoms with Gasteiger partial charge in [-0.25, -0.2) is 4.79 Å². The highest BCUT2D eigenvalue weighted by atomic mass is 32.1. The van der Waals surface area contributed by atoms with E-state index in [9.17, 15) is 9.59 Å². The van der Waals surface area contributed by atoms with E-state index in [-0.39, 0.29) is 0 Å². The maximum absolute atomic E-state index is 11.7. The quantitative estimate of drug-likeness (QED) is 0.680. The van der Waals surface area contributed by atoms with E-state index in [1.807, 2.05) is 22.9 Å². The molecule has 110 valence electrons. The summed E-state index contributed by atoms with van der Waals surface area (Å²) < 4.78 is 4.83. The summed E-state index contributed by atoms with van der Waals surface area (Å²) in [6, 6.07) is 10.4. The molecule has 0 aliphatic carbocycles. The molecule has 22 heavy (non-hydrogen) atoms. The molecule has 0 radical (unpaired) electrons. The Hall–Kier alpha value is -2.91. The van der Waals surface area contributed by atoms with E-state index in [0.717, 1.165) is 5.56 Å². The number of ether oxygens (including phenoxy) is 1. The smallest absolute Gasteiger partial charge is 0.331 e. The van der Waals surface area contributed by atoms with Crippen molar-refractivity contribution in [2.24, 2.45) is 0 Å². The fourth-order valence-corrected chi connectivity index (χ4v) is 2.22. The van der Waals surface area contributed by atoms with Gasteiger partial charge < -0.3 is 10.1 Å². The monoisotopic (exact) mass is 312 g/mol. The molecule has 6 heteroatoms. The van der Waals surface area contributed by atoms with Gasteiger partial charge in [-0.1, -0.05) is 12.1 Å². The zero-order valence-electron chi connectivity index (χ0n) is 11.5. The fraction of sp³-hybridized carbons (Fsp3) is 0.0625. The number of carbonyl (C=O) groups is 2. The number of hydrogen-bond donors (Lipinski definition) is 1. The summed E-state index contributed by atoms with van der Waals surface area (Å²) in [5.41, 5.74) is 1.63. The Labute approximate surface area is 131 Å². The number of para-hydroxylation sites is 1. The standard InChI is InChI=1S/C16H12N2O3S/c17-9-13-3-1-2-4-14(13)18-15(19)10-21-16(20)6-5-12-7-8-22-11-12/h1-8,11H,10H2,(H,18,19)/b6-5+. The highest BCUT2D eigenvalue weighted by molar-refractivity contribution is 7.08. The van der Waals surface area contributed by atoms with Gasteiger partial charge in [-0.15, -0.1) is 0 Å². The summed E-state index contributed by atoms with van der Waals surface area (Å²) in [5.74, 6) is -1.10. The Bertz CT molecular complexity index is 730. The van der Waals surface area contributed by atoms with Gasteiger partial charge in [0.2, 0.25) is 0 Å². The van der Waals surface area contributed by atoms with Crippen LogP contribution in [0.3, 0.4) is 0 Å². The van der Waals surface area contributed by atoms with Gasteiger partial charge in [-0.05, 0) is 40.6 Å². The minimum Gasteiger partial charge on any atom is -0.452 e. The Balaban J connectivity index is 1.83. The molecule has 0 aliphatic heterocycles. The van der Waals surface area contributed by atoms with Crippen molar-refractivity contribution >= 4 is 35.0 Å². The number of anilines is 1. The lowest BCUT2D eigenvalue weighted by Gasteiger charge is -2.06. The Morgan fingerprint density at radius 1 is 1.32 bits per heavy atom. The van der Waals surface area contributed by atoms with Gasteiger partial charge in [0.15, 0.2) is 6.61 Å². The van der Waals surface area contributed by atoms with Crippen molar-refractivity contribution in [3.8, 4) is 6.07 Å². The predicted molar refractivity (Wildman–Crippen MR) is 84.1 cm³/mol. The molecule has 1 amide bonds. The number of rotatable bonds is 5. The third-order valence-corrected chi connectivity index (χ3v) is 3.32. The van der Waals surface area contributed by atoms with Crippen LogP contribution in [0.2, 0.25) is 0 Å². The van der Waals surface area contributed by atoms with Crippen LogP contribution in [-0.2, 0) is 14.3 Å². The molecule has 1 heterocycles. The Morgan fingerprint density at radius 3 is 2.86 bits per heavy atom. The second-order valence-corrected chi connectivity index (χ2v) is 4.98. The second-order valence-electron chi connectivity index (χ2n) is 4.20. The first-order valence-electron chi connectivity index (χ1n) is 6.35. The van der Waals surface area contributed by atoms with Crippen molar-refractivity contribution in [3.63, 3.8) is 0 Å². The molecule has 1 N–H and O–H groups in total. The lowest BCUT2D eigenvalue weighted by molar-refractivity contribution is -0.142. The molecule has 0 spiro atoms. The van der Waals surface area contributed by atoms with Crippen LogP contribution in [0, 0.1) is 11.3 Å². The molecule has 0 fully saturated rings. The van der Waals surface area contributed by atoms with Crippen molar-refractivity contribution in [2.45, 2.75) is 0 Å². The Kier molecular flexibility index (Phi) is 5.46. The summed E-state index contributed by atoms with van der Waals surface area (Å²) in [5, 5.41) is 15.2. The van der Waals surface area contributed by atoms with Crippen LogP contribution in [0.25, 0.3) is 6.08 Å². The third kappa shape index (κ3) is 4.58. The Morgan fingerprint density at radius 2 is 2.14 bits per heavy atom. The van der Waals surface area contributed by atoms with E-state index in [0.29, 0.717) is 11.3 Å². The number of hydrogen-bond acceptors (Lipinski definition) is 5. The molecule has 0 saturated heterocycles. The lowest BCUT2D eigenvalue weighted by Crippen LogP contribution is -2.20. The van der Waals surface area contributed by atoms with Crippen LogP contribution in [0.5, 0.6) is 0 Å². The van der Waals surface area contributed by atoms with Gasteiger partial charge in [0.1, 0.15) is 6.07 Å². The van der Waals surface area contributed by atoms with Gasteiger partial charge in [0.25, 0.3) is 5.91 Å². The van der Waals surface area contributed by atoms with Crippen LogP contribution >= 0.6 is 11.3 Å². The van der Waals surface area contributed by atoms with Crippen LogP contribution in [0.4, 0.5) is 5.69 Å². The van der Waals surface area contributed by atoms with Crippen molar-refractivity contribution in [3.05, 3.63) is 58.3 Å². The molecule has 5 nitrogen and oxygen atoms in total. The molecule has 1 aromatic carbocycles. The lowest BCUT2D eigenvalue weighted by atomic mass is 10.2. The topological polar surface area (TPSA) is 79.2 Å². The van der Waals surface area contributed by atoms with Gasteiger partial charge in [0, 0.05) is 6.08 Å². The largest absolute Gasteiger partial charge is 0.452 e. The number of nitriles is 1. The third-order valence-electron chi connectivity index (χ3n) is 2.62. The molecule has 0 atom stereocenters. The molecule has 0 unspecified atom stereocenters. The molecule has 1 aromatic heterocycles. The number of benzene rings is 1. The van der Waals surface area contributed by atoms with E-state index in [4.69, 9.17) is 10.00 Å². The van der Waals surface area contributed by atoms with E-state index in [2.05, 4.69) is 5.32 Å². The van der Waals surface area contributed by atoms with Gasteiger partial charge in [0.05, 0.1) is 11.3 Å². The summed E-state index contributed by atoms with van der Waals surface area (Å²) in [6.45, 7) is -0.410. The number of amides is 1. The first-order chi connectivity index (χ1) is 10.7. The predicted octanol–water partition coefficient (Wildman–Crippen LogP) is 2.81. The molecule has 0 saturated carbocycles. The first kappa shape index (κ1) is 15.5. The molecule has 2 aromatic rings. The number of carbonyl (C=O) groups excluding carboxylic acids is 2. The second kappa shape index (κ2) is 7.76. The summed E-state index contributed by atoms with van der Waals surface area (Å²) in [4.78, 5) is 23.2. The molecular formula is C16H12N2O3S. The number of nitrogens with one attached hydrogen (secondary N) is 1. The van der Waals surface area contributed by atoms with Crippen molar-refractivity contribution < 1.29 is 14.3 Å². The van der Waals surface area contributed by atoms with Gasteiger partial charge in [-0.2, -0.15) is 16.6 Å². The van der Waals surface area contributed by atoms with E-state index in [1.54, 1.807) is 30.3 Å². The SMILES string of the molecule is N#Cc1ccccc1NC(=O)COC(=O)/C=C/c1ccsc1. The maximum Gasteiger partial charge on any atom is 0.331 e. The number of nitrogens with zero attached hydrogens (tertiary/aromatic N) is 1. The number of thiophene rings is 1. The van der Waals surface area contributed by atoms with Crippen molar-refractivity contribution in [2.75, 3.05) is 11.9 Å². The maximum atomic E-state index is 11.7. The first-order valence-corrected chi connectivity index (χ1v) is 7.29. The molecule has 0 aliphatic rings. The van der Waals surface area contributed by atoms with Crippen LogP contribution in [0.1, 0.15) is 11.1 Å². The van der Waals surface area contributed by atoms with E-state index >= 15 is 0 Å². The van der Waals surface area contributed by atoms with Crippen LogP contribution in [-0.4, -0.2) is 18.5 Å². The minimum absolute atomic E-state index is 0.347. The van der Waals surface area contributed by atoms with Crippen molar-refractivity contribution in [1.29, 1.82) is 5.26 Å². The van der Waals surface area contributed by atoms with Gasteiger partial charge >= 0.3 is 5.97 Å². The summed E-state index contributed by atoms with van der Waals surface area (Å²) in [7, 11) is 0. The summed E-state index contributed by atoms with van der Waals surface area (Å²) in [6.07, 6.45) is 2.88. The zero-order chi connectivity index (χ0) is 15.8. The minimum atomic E-state index is -0.602. The average molecular weight is 312 g/mol. The summed E-state index contributed by atoms with van der Waals surface area (Å²) >= 11 is 1.52. The van der Waals surface area contributed by atoms with E-state index < -0.39 is 18.5 Å². The van der Waals surface area contributed by atoms with E-state index in [1.165, 1.54) is 17.4 Å². The zero-order valence-corrected chi connectivity index (χ0v) is 12.3. The van der Waals surface area contributed by atoms with Crippen LogP contribution < -0.4 is 5.32 Å². The average Bonchev–Trinajstić information content (AvgIpc) is 3.05. The van der Waals surface area contributed by atoms with Crippen molar-refractivity contribution in [1.82, 2.24) is 0 Å². The molecular weight excluding hydrogens is 300 g/mol. The highest BCUT2D eigenvalue weighted by Crippen LogP contribution is 2.13. The highest BCUT2D eigenvalue weighted by Gasteiger charge is 2.08. The number of esters is 1. The molecule has 0 bridgehead atoms. The van der Waals surface area contributed by atoms with Gasteiger partial charge in [-0.3, -0.25) is 4.79 Å². The van der Waals surface area contributed by atoms with Crippen LogP contribution in [0.15, 0.2) is 47.2 Å². The normalized spacial score (nSPS) is 10.1. The fourth-order valence-electron chi connectivity index (χ4n) is 1.59. The molecule has 2 rings (SSSR count).